The van der Waals surface area contributed by atoms with Crippen LogP contribution in [0.25, 0.3) is 0 Å². The van der Waals surface area contributed by atoms with Crippen molar-refractivity contribution in [3.05, 3.63) is 91.9 Å². The summed E-state index contributed by atoms with van der Waals surface area (Å²) in [5.41, 5.74) is 0.168. The average molecular weight is 633 g/mol. The highest BCUT2D eigenvalue weighted by molar-refractivity contribution is 9.10. The summed E-state index contributed by atoms with van der Waals surface area (Å²) in [6.45, 7) is 0. The van der Waals surface area contributed by atoms with Crippen molar-refractivity contribution in [1.29, 1.82) is 0 Å². The van der Waals surface area contributed by atoms with E-state index in [0.29, 0.717) is 26.0 Å². The number of carbonyl (C=O) groups excluding carboxylic acids is 3. The van der Waals surface area contributed by atoms with E-state index >= 15 is 0 Å². The van der Waals surface area contributed by atoms with Crippen LogP contribution < -0.4 is 14.8 Å². The van der Waals surface area contributed by atoms with Gasteiger partial charge in [0.2, 0.25) is 0 Å². The van der Waals surface area contributed by atoms with Crippen LogP contribution in [0.3, 0.4) is 0 Å². The largest absolute Gasteiger partial charge is 0.496 e. The lowest BCUT2D eigenvalue weighted by molar-refractivity contribution is -0.153. The van der Waals surface area contributed by atoms with Crippen molar-refractivity contribution < 1.29 is 33.3 Å². The number of carbonyl (C=O) groups is 3. The fourth-order valence-electron chi connectivity index (χ4n) is 4.35. The number of ether oxygens (including phenoxy) is 4. The first-order valence-corrected chi connectivity index (χ1v) is 12.7. The maximum Gasteiger partial charge on any atom is 0.338 e. The first-order valence-electron chi connectivity index (χ1n) is 11.1. The minimum absolute atomic E-state index is 0.0726. The summed E-state index contributed by atoms with van der Waals surface area (Å²) in [6.07, 6.45) is -1.07. The Bertz CT molecular complexity index is 1380. The summed E-state index contributed by atoms with van der Waals surface area (Å²) in [5, 5.41) is 2.83. The van der Waals surface area contributed by atoms with Gasteiger partial charge in [-0.2, -0.15) is 0 Å². The molecule has 3 aromatic rings. The molecule has 2 unspecified atom stereocenters. The molecule has 0 spiro atoms. The number of hydrogen-bond acceptors (Lipinski definition) is 7. The lowest BCUT2D eigenvalue weighted by Gasteiger charge is -2.33. The molecule has 1 aliphatic rings. The van der Waals surface area contributed by atoms with Crippen molar-refractivity contribution in [2.75, 3.05) is 21.3 Å². The standard InChI is InChI=1S/C27H23Br2NO7/c1-34-21-10-8-15(12-19(21)28)24(31)30-27(26(33)36-3)14-17-6-4-5-7-18(17)23(27)37-25(32)16-9-11-22(35-2)20(29)13-16/h4-13,23H,14H2,1-3H3,(H,30,31). The SMILES string of the molecule is COC(=O)C1(NC(=O)c2ccc(OC)c(Br)c2)Cc2ccccc2C1OC(=O)c1ccc(OC)c(Br)c1. The van der Waals surface area contributed by atoms with E-state index in [1.54, 1.807) is 48.5 Å². The second-order valence-electron chi connectivity index (χ2n) is 8.28. The fraction of sp³-hybridized carbons (Fsp3) is 0.222. The molecular formula is C27H23Br2NO7. The van der Waals surface area contributed by atoms with Gasteiger partial charge in [0.05, 0.1) is 35.8 Å². The maximum absolute atomic E-state index is 13.4. The van der Waals surface area contributed by atoms with Gasteiger partial charge in [0.15, 0.2) is 11.6 Å². The van der Waals surface area contributed by atoms with E-state index in [1.165, 1.54) is 21.3 Å². The Hall–Kier alpha value is -3.37. The van der Waals surface area contributed by atoms with Gasteiger partial charge in [-0.1, -0.05) is 24.3 Å². The Morgan fingerprint density at radius 3 is 2.05 bits per heavy atom. The molecule has 0 aliphatic heterocycles. The van der Waals surface area contributed by atoms with Crippen molar-refractivity contribution in [1.82, 2.24) is 5.32 Å². The third-order valence-corrected chi connectivity index (χ3v) is 7.41. The van der Waals surface area contributed by atoms with Gasteiger partial charge in [-0.05, 0) is 79.4 Å². The summed E-state index contributed by atoms with van der Waals surface area (Å²) in [7, 11) is 4.26. The molecule has 192 valence electrons. The van der Waals surface area contributed by atoms with Crippen LogP contribution in [0.15, 0.2) is 69.6 Å². The van der Waals surface area contributed by atoms with E-state index in [2.05, 4.69) is 37.2 Å². The Labute approximate surface area is 230 Å². The first kappa shape index (κ1) is 26.7. The highest BCUT2D eigenvalue weighted by Gasteiger charge is 2.56. The van der Waals surface area contributed by atoms with Crippen LogP contribution in [0.4, 0.5) is 0 Å². The van der Waals surface area contributed by atoms with E-state index < -0.39 is 29.5 Å². The molecule has 0 saturated carbocycles. The van der Waals surface area contributed by atoms with Crippen molar-refractivity contribution in [2.24, 2.45) is 0 Å². The van der Waals surface area contributed by atoms with Gasteiger partial charge >= 0.3 is 11.9 Å². The molecule has 1 N–H and O–H groups in total. The van der Waals surface area contributed by atoms with Gasteiger partial charge in [0.1, 0.15) is 11.5 Å². The minimum Gasteiger partial charge on any atom is -0.496 e. The molecule has 0 heterocycles. The number of benzene rings is 3. The van der Waals surface area contributed by atoms with Crippen LogP contribution in [-0.4, -0.2) is 44.7 Å². The Balaban J connectivity index is 1.73. The molecule has 10 heteroatoms. The number of esters is 2. The molecular weight excluding hydrogens is 610 g/mol. The first-order chi connectivity index (χ1) is 17.7. The van der Waals surface area contributed by atoms with Crippen LogP contribution in [0, 0.1) is 0 Å². The predicted octanol–water partition coefficient (Wildman–Crippen LogP) is 5.02. The molecule has 1 aliphatic carbocycles. The van der Waals surface area contributed by atoms with E-state index in [9.17, 15) is 14.4 Å². The van der Waals surface area contributed by atoms with Crippen LogP contribution in [0.1, 0.15) is 37.9 Å². The molecule has 2 atom stereocenters. The predicted molar refractivity (Wildman–Crippen MR) is 142 cm³/mol. The van der Waals surface area contributed by atoms with Gasteiger partial charge in [-0.25, -0.2) is 9.59 Å². The Morgan fingerprint density at radius 2 is 1.46 bits per heavy atom. The number of halogens is 2. The lowest BCUT2D eigenvalue weighted by atomic mass is 9.91. The number of hydrogen-bond donors (Lipinski definition) is 1. The highest BCUT2D eigenvalue weighted by Crippen LogP contribution is 2.43. The van der Waals surface area contributed by atoms with Crippen molar-refractivity contribution in [3.63, 3.8) is 0 Å². The molecule has 8 nitrogen and oxygen atoms in total. The molecule has 0 bridgehead atoms. The number of fused-ring (bicyclic) bond motifs is 1. The van der Waals surface area contributed by atoms with Crippen molar-refractivity contribution >= 4 is 49.7 Å². The number of nitrogens with one attached hydrogen (secondary N) is 1. The molecule has 37 heavy (non-hydrogen) atoms. The number of methoxy groups -OCH3 is 3. The zero-order valence-corrected chi connectivity index (χ0v) is 23.3. The number of amides is 1. The normalized spacial score (nSPS) is 17.9. The van der Waals surface area contributed by atoms with Gasteiger partial charge in [0.25, 0.3) is 5.91 Å². The van der Waals surface area contributed by atoms with Crippen molar-refractivity contribution in [3.8, 4) is 11.5 Å². The van der Waals surface area contributed by atoms with Crippen LogP contribution in [0.5, 0.6) is 11.5 Å². The molecule has 3 aromatic carbocycles. The summed E-state index contributed by atoms with van der Waals surface area (Å²) in [5.74, 6) is -0.873. The maximum atomic E-state index is 13.4. The van der Waals surface area contributed by atoms with Gasteiger partial charge < -0.3 is 24.3 Å². The van der Waals surface area contributed by atoms with Crippen LogP contribution in [0.2, 0.25) is 0 Å². The third-order valence-electron chi connectivity index (χ3n) is 6.17. The van der Waals surface area contributed by atoms with Crippen molar-refractivity contribution in [2.45, 2.75) is 18.1 Å². The van der Waals surface area contributed by atoms with Crippen LogP contribution in [-0.2, 0) is 20.7 Å². The second kappa shape index (κ2) is 10.9. The lowest BCUT2D eigenvalue weighted by Crippen LogP contribution is -2.58. The second-order valence-corrected chi connectivity index (χ2v) is 9.99. The fourth-order valence-corrected chi connectivity index (χ4v) is 5.43. The zero-order chi connectivity index (χ0) is 26.7. The zero-order valence-electron chi connectivity index (χ0n) is 20.2. The molecule has 1 amide bonds. The Morgan fingerprint density at radius 1 is 0.865 bits per heavy atom. The highest BCUT2D eigenvalue weighted by atomic mass is 79.9. The summed E-state index contributed by atoms with van der Waals surface area (Å²) in [6, 6.07) is 16.7. The summed E-state index contributed by atoms with van der Waals surface area (Å²) in [4.78, 5) is 40.0. The summed E-state index contributed by atoms with van der Waals surface area (Å²) < 4.78 is 22.7. The average Bonchev–Trinajstić information content (AvgIpc) is 3.21. The quantitative estimate of drug-likeness (QED) is 0.365. The Kier molecular flexibility index (Phi) is 7.89. The van der Waals surface area contributed by atoms with E-state index in [-0.39, 0.29) is 17.5 Å². The van der Waals surface area contributed by atoms with E-state index in [0.717, 1.165) is 5.56 Å². The monoisotopic (exact) mass is 631 g/mol. The van der Waals surface area contributed by atoms with Crippen LogP contribution >= 0.6 is 31.9 Å². The smallest absolute Gasteiger partial charge is 0.338 e. The minimum atomic E-state index is -1.69. The van der Waals surface area contributed by atoms with E-state index in [4.69, 9.17) is 18.9 Å². The van der Waals surface area contributed by atoms with Gasteiger partial charge in [-0.3, -0.25) is 4.79 Å². The molecule has 0 radical (unpaired) electrons. The van der Waals surface area contributed by atoms with Gasteiger partial charge in [0, 0.05) is 12.0 Å². The molecule has 4 rings (SSSR count). The molecule has 0 saturated heterocycles. The van der Waals surface area contributed by atoms with Gasteiger partial charge in [-0.15, -0.1) is 0 Å². The van der Waals surface area contributed by atoms with E-state index in [1.807, 2.05) is 12.1 Å². The summed E-state index contributed by atoms with van der Waals surface area (Å²) >= 11 is 6.74. The number of rotatable bonds is 7. The third kappa shape index (κ3) is 5.08. The molecule has 0 fully saturated rings. The topological polar surface area (TPSA) is 100 Å². The molecule has 0 aromatic heterocycles.